The molecule has 1 aromatic heterocycles. The van der Waals surface area contributed by atoms with E-state index in [-0.39, 0.29) is 5.91 Å². The summed E-state index contributed by atoms with van der Waals surface area (Å²) in [6.45, 7) is 6.68. The maximum Gasteiger partial charge on any atom is 0.236 e. The van der Waals surface area contributed by atoms with Crippen LogP contribution in [0.3, 0.4) is 0 Å². The summed E-state index contributed by atoms with van der Waals surface area (Å²) >= 11 is 0. The Kier molecular flexibility index (Phi) is 6.23. The molecule has 7 heteroatoms. The number of hydrogen-bond donors (Lipinski definition) is 0. The first-order valence-electron chi connectivity index (χ1n) is 8.86. The van der Waals surface area contributed by atoms with Gasteiger partial charge < -0.3 is 18.9 Å². The standard InChI is InChI=1S/C17H28N4O3/c1-23-10-7-21-6-4-18-17(21)15-3-2-5-19(13-15)14-16(22)20-8-11-24-12-9-20/h4,6,15H,2-3,5,7-14H2,1H3/t15-/m1/s1. The predicted octanol–water partition coefficient (Wildman–Crippen LogP) is 0.568. The maximum absolute atomic E-state index is 12.5. The van der Waals surface area contributed by atoms with E-state index < -0.39 is 0 Å². The number of likely N-dealkylation sites (tertiary alicyclic amines) is 1. The summed E-state index contributed by atoms with van der Waals surface area (Å²) in [6, 6.07) is 0. The second-order valence-electron chi connectivity index (χ2n) is 6.54. The third-order valence-corrected chi connectivity index (χ3v) is 4.88. The van der Waals surface area contributed by atoms with Crippen LogP contribution in [0.1, 0.15) is 24.6 Å². The van der Waals surface area contributed by atoms with Crippen molar-refractivity contribution < 1.29 is 14.3 Å². The van der Waals surface area contributed by atoms with Crippen molar-refractivity contribution in [2.45, 2.75) is 25.3 Å². The van der Waals surface area contributed by atoms with Crippen molar-refractivity contribution in [1.29, 1.82) is 0 Å². The molecule has 1 aromatic rings. The average molecular weight is 336 g/mol. The van der Waals surface area contributed by atoms with Gasteiger partial charge in [0.25, 0.3) is 0 Å². The van der Waals surface area contributed by atoms with E-state index in [9.17, 15) is 4.79 Å². The highest BCUT2D eigenvalue weighted by molar-refractivity contribution is 5.78. The van der Waals surface area contributed by atoms with Gasteiger partial charge in [-0.15, -0.1) is 0 Å². The van der Waals surface area contributed by atoms with Crippen LogP contribution in [0.5, 0.6) is 0 Å². The second kappa shape index (κ2) is 8.60. The number of hydrogen-bond acceptors (Lipinski definition) is 5. The smallest absolute Gasteiger partial charge is 0.236 e. The Morgan fingerprint density at radius 1 is 1.38 bits per heavy atom. The van der Waals surface area contributed by atoms with Gasteiger partial charge in [0.1, 0.15) is 5.82 Å². The highest BCUT2D eigenvalue weighted by atomic mass is 16.5. The number of amides is 1. The number of methoxy groups -OCH3 is 1. The van der Waals surface area contributed by atoms with E-state index >= 15 is 0 Å². The van der Waals surface area contributed by atoms with Gasteiger partial charge in [0.15, 0.2) is 0 Å². The summed E-state index contributed by atoms with van der Waals surface area (Å²) < 4.78 is 12.7. The fourth-order valence-corrected chi connectivity index (χ4v) is 3.57. The van der Waals surface area contributed by atoms with E-state index in [0.717, 1.165) is 51.4 Å². The van der Waals surface area contributed by atoms with Crippen LogP contribution in [0.25, 0.3) is 0 Å². The molecule has 3 rings (SSSR count). The molecular weight excluding hydrogens is 308 g/mol. The van der Waals surface area contributed by atoms with Gasteiger partial charge in [-0.1, -0.05) is 0 Å². The monoisotopic (exact) mass is 336 g/mol. The van der Waals surface area contributed by atoms with E-state index in [0.29, 0.717) is 32.3 Å². The van der Waals surface area contributed by atoms with Crippen LogP contribution in [0, 0.1) is 0 Å². The summed E-state index contributed by atoms with van der Waals surface area (Å²) in [7, 11) is 1.72. The number of aromatic nitrogens is 2. The second-order valence-corrected chi connectivity index (χ2v) is 6.54. The fraction of sp³-hybridized carbons (Fsp3) is 0.765. The summed E-state index contributed by atoms with van der Waals surface area (Å²) in [5.41, 5.74) is 0. The van der Waals surface area contributed by atoms with Gasteiger partial charge in [-0.25, -0.2) is 4.98 Å². The van der Waals surface area contributed by atoms with Gasteiger partial charge in [-0.3, -0.25) is 9.69 Å². The van der Waals surface area contributed by atoms with Gasteiger partial charge in [-0.05, 0) is 19.4 Å². The first-order valence-corrected chi connectivity index (χ1v) is 8.86. The minimum absolute atomic E-state index is 0.224. The molecule has 0 bridgehead atoms. The molecule has 0 N–H and O–H groups in total. The maximum atomic E-state index is 12.5. The number of carbonyl (C=O) groups excluding carboxylic acids is 1. The number of carbonyl (C=O) groups is 1. The van der Waals surface area contributed by atoms with Crippen LogP contribution < -0.4 is 0 Å². The highest BCUT2D eigenvalue weighted by Gasteiger charge is 2.27. The van der Waals surface area contributed by atoms with Crippen LogP contribution in [0.15, 0.2) is 12.4 Å². The molecule has 2 saturated heterocycles. The SMILES string of the molecule is COCCn1ccnc1[C@@H]1CCCN(CC(=O)N2CCOCC2)C1. The first-order chi connectivity index (χ1) is 11.8. The van der Waals surface area contributed by atoms with E-state index in [2.05, 4.69) is 14.5 Å². The summed E-state index contributed by atoms with van der Waals surface area (Å²) in [4.78, 5) is 21.2. The molecule has 24 heavy (non-hydrogen) atoms. The van der Waals surface area contributed by atoms with Crippen LogP contribution in [-0.2, 0) is 20.8 Å². The van der Waals surface area contributed by atoms with Gasteiger partial charge in [-0.2, -0.15) is 0 Å². The predicted molar refractivity (Wildman–Crippen MR) is 89.9 cm³/mol. The van der Waals surface area contributed by atoms with Crippen LogP contribution >= 0.6 is 0 Å². The largest absolute Gasteiger partial charge is 0.383 e. The van der Waals surface area contributed by atoms with Crippen molar-refractivity contribution in [2.24, 2.45) is 0 Å². The minimum atomic E-state index is 0.224. The quantitative estimate of drug-likeness (QED) is 0.760. The minimum Gasteiger partial charge on any atom is -0.383 e. The number of ether oxygens (including phenoxy) is 2. The number of piperidine rings is 1. The lowest BCUT2D eigenvalue weighted by Gasteiger charge is -2.34. The first kappa shape index (κ1) is 17.4. The van der Waals surface area contributed by atoms with Gasteiger partial charge in [0.05, 0.1) is 26.4 Å². The molecule has 2 aliphatic heterocycles. The van der Waals surface area contributed by atoms with Crippen molar-refractivity contribution in [2.75, 3.05) is 59.7 Å². The number of rotatable bonds is 6. The van der Waals surface area contributed by atoms with Crippen molar-refractivity contribution >= 4 is 5.91 Å². The normalized spacial score (nSPS) is 22.7. The Bertz CT molecular complexity index is 528. The zero-order chi connectivity index (χ0) is 16.8. The zero-order valence-corrected chi connectivity index (χ0v) is 14.5. The molecule has 2 aliphatic rings. The molecule has 2 fully saturated rings. The number of nitrogens with zero attached hydrogens (tertiary/aromatic N) is 4. The van der Waals surface area contributed by atoms with Gasteiger partial charge in [0.2, 0.25) is 5.91 Å². The molecule has 3 heterocycles. The Labute approximate surface area is 143 Å². The summed E-state index contributed by atoms with van der Waals surface area (Å²) in [5, 5.41) is 0. The molecule has 1 atom stereocenters. The third kappa shape index (κ3) is 4.34. The molecular formula is C17H28N4O3. The number of morpholine rings is 1. The van der Waals surface area contributed by atoms with Crippen molar-refractivity contribution in [3.8, 4) is 0 Å². The molecule has 0 aliphatic carbocycles. The van der Waals surface area contributed by atoms with Crippen LogP contribution in [-0.4, -0.2) is 84.9 Å². The lowest BCUT2D eigenvalue weighted by molar-refractivity contribution is -0.136. The Morgan fingerprint density at radius 3 is 3.00 bits per heavy atom. The topological polar surface area (TPSA) is 59.8 Å². The lowest BCUT2D eigenvalue weighted by Crippen LogP contribution is -2.47. The van der Waals surface area contributed by atoms with Crippen molar-refractivity contribution in [3.63, 3.8) is 0 Å². The van der Waals surface area contributed by atoms with Crippen LogP contribution in [0.2, 0.25) is 0 Å². The Hall–Kier alpha value is -1.44. The van der Waals surface area contributed by atoms with E-state index in [1.165, 1.54) is 0 Å². The third-order valence-electron chi connectivity index (χ3n) is 4.88. The lowest BCUT2D eigenvalue weighted by atomic mass is 9.97. The molecule has 0 saturated carbocycles. The molecule has 1 amide bonds. The van der Waals surface area contributed by atoms with Crippen molar-refractivity contribution in [3.05, 3.63) is 18.2 Å². The van der Waals surface area contributed by atoms with Crippen molar-refractivity contribution in [1.82, 2.24) is 19.4 Å². The van der Waals surface area contributed by atoms with E-state index in [1.807, 2.05) is 17.3 Å². The average Bonchev–Trinajstić information content (AvgIpc) is 3.09. The molecule has 0 spiro atoms. The molecule has 0 unspecified atom stereocenters. The highest BCUT2D eigenvalue weighted by Crippen LogP contribution is 2.25. The summed E-state index contributed by atoms with van der Waals surface area (Å²) in [5.74, 6) is 1.74. The molecule has 0 aromatic carbocycles. The summed E-state index contributed by atoms with van der Waals surface area (Å²) in [6.07, 6.45) is 6.12. The molecule has 134 valence electrons. The van der Waals surface area contributed by atoms with E-state index in [4.69, 9.17) is 9.47 Å². The van der Waals surface area contributed by atoms with Gasteiger partial charge in [0, 0.05) is 51.6 Å². The molecule has 7 nitrogen and oxygen atoms in total. The van der Waals surface area contributed by atoms with Gasteiger partial charge >= 0.3 is 0 Å². The number of imidazole rings is 1. The zero-order valence-electron chi connectivity index (χ0n) is 14.5. The Balaban J connectivity index is 1.56. The van der Waals surface area contributed by atoms with Crippen LogP contribution in [0.4, 0.5) is 0 Å². The fourth-order valence-electron chi connectivity index (χ4n) is 3.57. The Morgan fingerprint density at radius 2 is 2.21 bits per heavy atom. The van der Waals surface area contributed by atoms with E-state index in [1.54, 1.807) is 7.11 Å². The molecule has 0 radical (unpaired) electrons.